The van der Waals surface area contributed by atoms with E-state index in [-0.39, 0.29) is 29.3 Å². The second kappa shape index (κ2) is 8.23. The van der Waals surface area contributed by atoms with Crippen molar-refractivity contribution in [2.24, 2.45) is 23.2 Å². The maximum Gasteiger partial charge on any atom is 0.311 e. The smallest absolute Gasteiger partial charge is 0.311 e. The predicted molar refractivity (Wildman–Crippen MR) is 123 cm³/mol. The molecule has 0 bridgehead atoms. The Morgan fingerprint density at radius 2 is 2.22 bits per heavy atom. The number of esters is 1. The van der Waals surface area contributed by atoms with Gasteiger partial charge in [0.2, 0.25) is 0 Å². The molecule has 2 heterocycles. The van der Waals surface area contributed by atoms with Crippen LogP contribution >= 0.6 is 0 Å². The highest BCUT2D eigenvalue weighted by Gasteiger charge is 2.59. The molecule has 0 unspecified atom stereocenters. The van der Waals surface area contributed by atoms with Crippen LogP contribution in [0, 0.1) is 23.2 Å². The van der Waals surface area contributed by atoms with Crippen LogP contribution in [0.5, 0.6) is 5.75 Å². The number of allylic oxidation sites excluding steroid dienone is 1. The van der Waals surface area contributed by atoms with Gasteiger partial charge in [-0.1, -0.05) is 25.5 Å². The number of carbonyl (C=O) groups excluding carboxylic acids is 1. The van der Waals surface area contributed by atoms with E-state index < -0.39 is 6.10 Å². The van der Waals surface area contributed by atoms with Crippen LogP contribution in [0.15, 0.2) is 36.0 Å². The monoisotopic (exact) mass is 438 g/mol. The number of aromatic nitrogens is 1. The number of ether oxygens (including phenoxy) is 2. The number of methoxy groups -OCH3 is 1. The molecule has 3 aliphatic rings. The molecule has 2 fully saturated rings. The molecule has 0 radical (unpaired) electrons. The van der Waals surface area contributed by atoms with Gasteiger partial charge in [-0.05, 0) is 55.5 Å². The number of aliphatic hydroxyl groups excluding tert-OH is 1. The van der Waals surface area contributed by atoms with Gasteiger partial charge < -0.3 is 24.9 Å². The summed E-state index contributed by atoms with van der Waals surface area (Å²) in [6.07, 6.45) is 7.30. The summed E-state index contributed by atoms with van der Waals surface area (Å²) in [5.41, 5.74) is 3.33. The quantitative estimate of drug-likeness (QED) is 0.365. The molecule has 1 aromatic heterocycles. The molecule has 3 N–H and O–H groups in total. The average Bonchev–Trinajstić information content (AvgIpc) is 3.33. The fourth-order valence-corrected chi connectivity index (χ4v) is 6.27. The number of benzene rings is 1. The Bertz CT molecular complexity index is 1040. The van der Waals surface area contributed by atoms with Crippen LogP contribution in [0.3, 0.4) is 0 Å². The normalized spacial score (nSPS) is 34.1. The number of hydrogen-bond donors (Lipinski definition) is 3. The van der Waals surface area contributed by atoms with Gasteiger partial charge in [0.25, 0.3) is 0 Å². The van der Waals surface area contributed by atoms with Crippen molar-refractivity contribution in [1.29, 1.82) is 0 Å². The highest BCUT2D eigenvalue weighted by molar-refractivity contribution is 5.84. The van der Waals surface area contributed by atoms with Gasteiger partial charge in [0.15, 0.2) is 0 Å². The summed E-state index contributed by atoms with van der Waals surface area (Å²) in [6.45, 7) is 5.70. The van der Waals surface area contributed by atoms with E-state index >= 15 is 0 Å². The zero-order valence-corrected chi connectivity index (χ0v) is 19.2. The first-order chi connectivity index (χ1) is 15.4. The fourth-order valence-electron chi connectivity index (χ4n) is 6.27. The Morgan fingerprint density at radius 3 is 3.03 bits per heavy atom. The van der Waals surface area contributed by atoms with E-state index in [4.69, 9.17) is 9.47 Å². The van der Waals surface area contributed by atoms with E-state index in [0.717, 1.165) is 48.9 Å². The number of nitrogens with one attached hydrogen (secondary N) is 2. The van der Waals surface area contributed by atoms with Crippen LogP contribution in [0.2, 0.25) is 0 Å². The molecule has 5 rings (SSSR count). The number of hydrogen-bond acceptors (Lipinski definition) is 5. The van der Waals surface area contributed by atoms with E-state index in [1.54, 1.807) is 7.11 Å². The van der Waals surface area contributed by atoms with E-state index in [1.165, 1.54) is 11.1 Å². The van der Waals surface area contributed by atoms with Gasteiger partial charge in [-0.25, -0.2) is 0 Å². The van der Waals surface area contributed by atoms with Gasteiger partial charge in [-0.2, -0.15) is 0 Å². The molecule has 32 heavy (non-hydrogen) atoms. The summed E-state index contributed by atoms with van der Waals surface area (Å²) < 4.78 is 11.1. The van der Waals surface area contributed by atoms with Gasteiger partial charge >= 0.3 is 5.97 Å². The summed E-state index contributed by atoms with van der Waals surface area (Å²) in [7, 11) is 1.68. The number of fused-ring (bicyclic) bond motifs is 3. The molecule has 6 heteroatoms. The van der Waals surface area contributed by atoms with Crippen LogP contribution in [-0.4, -0.2) is 48.5 Å². The topological polar surface area (TPSA) is 83.6 Å². The molecule has 2 aliphatic carbocycles. The van der Waals surface area contributed by atoms with E-state index in [1.807, 2.05) is 18.3 Å². The summed E-state index contributed by atoms with van der Waals surface area (Å²) in [4.78, 5) is 16.0. The molecule has 6 atom stereocenters. The maximum atomic E-state index is 12.7. The molecule has 0 amide bonds. The zero-order valence-electron chi connectivity index (χ0n) is 19.2. The van der Waals surface area contributed by atoms with Gasteiger partial charge in [-0.3, -0.25) is 4.79 Å². The number of carbonyl (C=O) groups is 1. The minimum absolute atomic E-state index is 0.143. The van der Waals surface area contributed by atoms with Crippen molar-refractivity contribution in [3.05, 3.63) is 41.6 Å². The number of aromatic amines is 1. The van der Waals surface area contributed by atoms with Crippen molar-refractivity contribution in [2.75, 3.05) is 20.2 Å². The molecular formula is C26H34N2O4. The standard InChI is InChI=1S/C26H34N2O4/c1-15-5-4-6-17-11-22-23(24(29)26(15,17)2)20(25(30)32-22)14-27-10-9-16-13-28-21-8-7-18(31-3)12-19(16)21/h6-8,12-13,15,20,22-24,27-29H,4-5,9-11,14H2,1-3H3/t15-,20-,22-,23-,24+,26-/m1/s1. The van der Waals surface area contributed by atoms with Crippen molar-refractivity contribution in [3.8, 4) is 5.75 Å². The van der Waals surface area contributed by atoms with Crippen molar-refractivity contribution >= 4 is 16.9 Å². The highest BCUT2D eigenvalue weighted by atomic mass is 16.6. The fraction of sp³-hybridized carbons (Fsp3) is 0.577. The lowest BCUT2D eigenvalue weighted by Gasteiger charge is -2.51. The van der Waals surface area contributed by atoms with Crippen LogP contribution in [0.4, 0.5) is 0 Å². The molecule has 172 valence electrons. The number of H-pyrrole nitrogens is 1. The largest absolute Gasteiger partial charge is 0.497 e. The van der Waals surface area contributed by atoms with Crippen molar-refractivity contribution in [1.82, 2.24) is 10.3 Å². The third-order valence-corrected chi connectivity index (χ3v) is 8.48. The lowest BCUT2D eigenvalue weighted by atomic mass is 9.55. The second-order valence-electron chi connectivity index (χ2n) is 9.98. The molecule has 2 aromatic rings. The van der Waals surface area contributed by atoms with Crippen LogP contribution < -0.4 is 10.1 Å². The van der Waals surface area contributed by atoms with E-state index in [0.29, 0.717) is 12.5 Å². The molecule has 6 nitrogen and oxygen atoms in total. The highest BCUT2D eigenvalue weighted by Crippen LogP contribution is 2.55. The lowest BCUT2D eigenvalue weighted by molar-refractivity contribution is -0.144. The third kappa shape index (κ3) is 3.35. The predicted octanol–water partition coefficient (Wildman–Crippen LogP) is 3.59. The van der Waals surface area contributed by atoms with E-state index in [9.17, 15) is 9.90 Å². The van der Waals surface area contributed by atoms with Crippen molar-refractivity contribution < 1.29 is 19.4 Å². The second-order valence-corrected chi connectivity index (χ2v) is 9.98. The minimum atomic E-state index is -0.554. The summed E-state index contributed by atoms with van der Waals surface area (Å²) in [5, 5.41) is 16.1. The Labute approximate surface area is 189 Å². The van der Waals surface area contributed by atoms with Crippen molar-refractivity contribution in [2.45, 2.75) is 51.7 Å². The maximum absolute atomic E-state index is 12.7. The Kier molecular flexibility index (Phi) is 5.54. The van der Waals surface area contributed by atoms with Crippen LogP contribution in [-0.2, 0) is 16.0 Å². The molecule has 1 saturated heterocycles. The zero-order chi connectivity index (χ0) is 22.5. The molecule has 1 saturated carbocycles. The first kappa shape index (κ1) is 21.5. The Balaban J connectivity index is 1.25. The van der Waals surface area contributed by atoms with Gasteiger partial charge in [0.1, 0.15) is 11.9 Å². The van der Waals surface area contributed by atoms with Gasteiger partial charge in [0.05, 0.1) is 19.1 Å². The average molecular weight is 439 g/mol. The summed E-state index contributed by atoms with van der Waals surface area (Å²) in [6, 6.07) is 6.03. The van der Waals surface area contributed by atoms with Gasteiger partial charge in [0, 0.05) is 41.4 Å². The minimum Gasteiger partial charge on any atom is -0.497 e. The molecule has 1 aromatic carbocycles. The van der Waals surface area contributed by atoms with E-state index in [2.05, 4.69) is 36.3 Å². The first-order valence-electron chi connectivity index (χ1n) is 11.9. The van der Waals surface area contributed by atoms with Gasteiger partial charge in [-0.15, -0.1) is 0 Å². The summed E-state index contributed by atoms with van der Waals surface area (Å²) >= 11 is 0. The van der Waals surface area contributed by atoms with Crippen molar-refractivity contribution in [3.63, 3.8) is 0 Å². The Hall–Kier alpha value is -2.31. The number of aliphatic hydroxyl groups is 1. The van der Waals surface area contributed by atoms with Crippen LogP contribution in [0.1, 0.15) is 38.7 Å². The Morgan fingerprint density at radius 1 is 1.38 bits per heavy atom. The SMILES string of the molecule is COc1ccc2[nH]cc(CCNC[C@H]3C(=O)O[C@@H]4CC5=CCC[C@@H](C)[C@@]5(C)[C@@H](O)[C@@H]43)c2c1. The lowest BCUT2D eigenvalue weighted by Crippen LogP contribution is -2.54. The number of rotatable bonds is 6. The molecular weight excluding hydrogens is 404 g/mol. The molecule has 1 aliphatic heterocycles. The molecule has 0 spiro atoms. The third-order valence-electron chi connectivity index (χ3n) is 8.48. The first-order valence-corrected chi connectivity index (χ1v) is 11.9. The van der Waals surface area contributed by atoms with Crippen LogP contribution in [0.25, 0.3) is 10.9 Å². The summed E-state index contributed by atoms with van der Waals surface area (Å²) in [5.74, 6) is 0.636.